The van der Waals surface area contributed by atoms with Crippen molar-refractivity contribution in [3.8, 4) is 0 Å². The van der Waals surface area contributed by atoms with E-state index in [0.717, 1.165) is 38.5 Å². The zero-order valence-corrected chi connectivity index (χ0v) is 19.9. The summed E-state index contributed by atoms with van der Waals surface area (Å²) in [6.45, 7) is 12.5. The number of ether oxygens (including phenoxy) is 3. The van der Waals surface area contributed by atoms with Gasteiger partial charge >= 0.3 is 11.9 Å². The maximum Gasteiger partial charge on any atom is 0.303 e. The molecule has 30 heavy (non-hydrogen) atoms. The molecule has 0 bridgehead atoms. The Morgan fingerprint density at radius 3 is 2.40 bits per heavy atom. The molecule has 0 radical (unpaired) electrons. The fraction of sp³-hybridized carbons (Fsp3) is 0.840. The van der Waals surface area contributed by atoms with Crippen molar-refractivity contribution in [2.24, 2.45) is 28.6 Å². The topological polar surface area (TPSA) is 61.8 Å². The van der Waals surface area contributed by atoms with Crippen molar-refractivity contribution < 1.29 is 23.8 Å². The minimum Gasteiger partial charge on any atom is -0.465 e. The molecular weight excluding hydrogens is 380 g/mol. The van der Waals surface area contributed by atoms with Crippen LogP contribution >= 0.6 is 0 Å². The van der Waals surface area contributed by atoms with Gasteiger partial charge in [-0.3, -0.25) is 9.59 Å². The molecule has 0 amide bonds. The van der Waals surface area contributed by atoms with Gasteiger partial charge in [-0.25, -0.2) is 0 Å². The fourth-order valence-electron chi connectivity index (χ4n) is 6.97. The molecule has 6 atom stereocenters. The van der Waals surface area contributed by atoms with Crippen LogP contribution in [-0.2, 0) is 23.8 Å². The van der Waals surface area contributed by atoms with Crippen molar-refractivity contribution >= 4 is 11.9 Å². The summed E-state index contributed by atoms with van der Waals surface area (Å²) in [6.07, 6.45) is 8.20. The van der Waals surface area contributed by atoms with Gasteiger partial charge in [-0.2, -0.15) is 0 Å². The third-order valence-electron chi connectivity index (χ3n) is 8.63. The summed E-state index contributed by atoms with van der Waals surface area (Å²) in [4.78, 5) is 23.6. The van der Waals surface area contributed by atoms with Gasteiger partial charge in [0, 0.05) is 26.4 Å². The Balaban J connectivity index is 2.04. The van der Waals surface area contributed by atoms with E-state index in [-0.39, 0.29) is 34.5 Å². The molecule has 3 aliphatic carbocycles. The molecule has 0 heterocycles. The summed E-state index contributed by atoms with van der Waals surface area (Å²) >= 11 is 0. The second-order valence-corrected chi connectivity index (χ2v) is 10.7. The smallest absolute Gasteiger partial charge is 0.303 e. The van der Waals surface area contributed by atoms with Crippen LogP contribution in [-0.4, -0.2) is 37.4 Å². The third-order valence-corrected chi connectivity index (χ3v) is 8.63. The first-order chi connectivity index (χ1) is 14.0. The summed E-state index contributed by atoms with van der Waals surface area (Å²) in [6, 6.07) is 0. The molecule has 0 aliphatic heterocycles. The van der Waals surface area contributed by atoms with Gasteiger partial charge in [0.05, 0.1) is 12.2 Å². The molecule has 3 aliphatic rings. The van der Waals surface area contributed by atoms with Crippen molar-refractivity contribution in [1.82, 2.24) is 0 Å². The lowest BCUT2D eigenvalue weighted by Gasteiger charge is -2.61. The molecule has 0 aromatic carbocycles. The largest absolute Gasteiger partial charge is 0.465 e. The molecular formula is C25H40O5. The van der Waals surface area contributed by atoms with Gasteiger partial charge in [-0.15, -0.1) is 0 Å². The number of hydrogen-bond acceptors (Lipinski definition) is 5. The van der Waals surface area contributed by atoms with Crippen molar-refractivity contribution in [1.29, 1.82) is 0 Å². The summed E-state index contributed by atoms with van der Waals surface area (Å²) < 4.78 is 17.5. The van der Waals surface area contributed by atoms with E-state index in [1.807, 2.05) is 0 Å². The van der Waals surface area contributed by atoms with E-state index in [1.165, 1.54) is 19.4 Å². The molecule has 5 heteroatoms. The number of fused-ring (bicyclic) bond motifs is 3. The molecule has 0 saturated heterocycles. The average molecular weight is 421 g/mol. The van der Waals surface area contributed by atoms with E-state index in [1.54, 1.807) is 7.11 Å². The molecule has 0 aromatic heterocycles. The molecule has 2 saturated carbocycles. The van der Waals surface area contributed by atoms with Gasteiger partial charge in [-0.05, 0) is 66.9 Å². The van der Waals surface area contributed by atoms with Crippen LogP contribution in [0.1, 0.15) is 80.1 Å². The zero-order valence-electron chi connectivity index (χ0n) is 19.9. The summed E-state index contributed by atoms with van der Waals surface area (Å²) in [5, 5.41) is 0. The van der Waals surface area contributed by atoms with E-state index in [4.69, 9.17) is 14.2 Å². The fourth-order valence-corrected chi connectivity index (χ4v) is 6.97. The quantitative estimate of drug-likeness (QED) is 0.459. The van der Waals surface area contributed by atoms with Crippen LogP contribution in [0.25, 0.3) is 0 Å². The van der Waals surface area contributed by atoms with Crippen LogP contribution in [0.5, 0.6) is 0 Å². The molecule has 170 valence electrons. The minimum atomic E-state index is -0.302. The Hall–Kier alpha value is -1.36. The maximum absolute atomic E-state index is 12.0. The van der Waals surface area contributed by atoms with E-state index < -0.39 is 0 Å². The third kappa shape index (κ3) is 3.94. The van der Waals surface area contributed by atoms with Gasteiger partial charge in [-0.1, -0.05) is 34.1 Å². The van der Waals surface area contributed by atoms with Crippen LogP contribution in [0, 0.1) is 28.6 Å². The summed E-state index contributed by atoms with van der Waals surface area (Å²) in [7, 11) is 1.79. The first-order valence-corrected chi connectivity index (χ1v) is 11.6. The number of esters is 2. The first-order valence-electron chi connectivity index (χ1n) is 11.6. The molecule has 5 nitrogen and oxygen atoms in total. The van der Waals surface area contributed by atoms with E-state index in [0.29, 0.717) is 24.4 Å². The second-order valence-electron chi connectivity index (χ2n) is 10.7. The summed E-state index contributed by atoms with van der Waals surface area (Å²) in [5.41, 5.74) is 0.953. The van der Waals surface area contributed by atoms with Crippen LogP contribution in [0.4, 0.5) is 0 Å². The molecule has 3 rings (SSSR count). The Morgan fingerprint density at radius 2 is 1.83 bits per heavy atom. The molecule has 0 unspecified atom stereocenters. The lowest BCUT2D eigenvalue weighted by Crippen LogP contribution is -2.57. The van der Waals surface area contributed by atoms with Crippen molar-refractivity contribution in [3.05, 3.63) is 11.6 Å². The van der Waals surface area contributed by atoms with Gasteiger partial charge in [0.2, 0.25) is 0 Å². The van der Waals surface area contributed by atoms with Crippen molar-refractivity contribution in [2.75, 3.05) is 13.7 Å². The second kappa shape index (κ2) is 8.29. The molecule has 0 aromatic rings. The lowest BCUT2D eigenvalue weighted by molar-refractivity contribution is -0.165. The number of carbonyl (C=O) groups is 2. The maximum atomic E-state index is 12.0. The Labute approximate surface area is 181 Å². The van der Waals surface area contributed by atoms with Gasteiger partial charge < -0.3 is 14.2 Å². The standard InChI is InChI=1S/C25H40O5/c1-16(2)25(28-7)12-9-20-19(14-25)21(30-18(4)27)13-22-23(5,15-29-17(3)26)10-8-11-24(20,22)6/h14,16,20-22H,8-13,15H2,1-7H3/t20-,21+,22-,23-,24+,25+/m0/s1. The predicted octanol–water partition coefficient (Wildman–Crippen LogP) is 5.08. The van der Waals surface area contributed by atoms with Crippen molar-refractivity contribution in [3.63, 3.8) is 0 Å². The van der Waals surface area contributed by atoms with Crippen molar-refractivity contribution in [2.45, 2.75) is 91.8 Å². The summed E-state index contributed by atoms with van der Waals surface area (Å²) in [5.74, 6) is 0.577. The van der Waals surface area contributed by atoms with Crippen LogP contribution in [0.15, 0.2) is 11.6 Å². The number of carbonyl (C=O) groups excluding carboxylic acids is 2. The highest BCUT2D eigenvalue weighted by Crippen LogP contribution is 2.64. The highest BCUT2D eigenvalue weighted by Gasteiger charge is 2.59. The molecule has 0 N–H and O–H groups in total. The minimum absolute atomic E-state index is 0.101. The molecule has 2 fully saturated rings. The highest BCUT2D eigenvalue weighted by molar-refractivity contribution is 5.66. The number of hydrogen-bond donors (Lipinski definition) is 0. The van der Waals surface area contributed by atoms with Gasteiger partial charge in [0.15, 0.2) is 0 Å². The van der Waals surface area contributed by atoms with Crippen LogP contribution < -0.4 is 0 Å². The zero-order chi connectivity index (χ0) is 22.3. The van der Waals surface area contributed by atoms with E-state index >= 15 is 0 Å². The average Bonchev–Trinajstić information content (AvgIpc) is 2.67. The highest BCUT2D eigenvalue weighted by atomic mass is 16.5. The van der Waals surface area contributed by atoms with Gasteiger partial charge in [0.25, 0.3) is 0 Å². The van der Waals surface area contributed by atoms with E-state index in [9.17, 15) is 9.59 Å². The Morgan fingerprint density at radius 1 is 1.13 bits per heavy atom. The Kier molecular flexibility index (Phi) is 6.44. The van der Waals surface area contributed by atoms with Crippen LogP contribution in [0.3, 0.4) is 0 Å². The van der Waals surface area contributed by atoms with E-state index in [2.05, 4.69) is 33.8 Å². The number of methoxy groups -OCH3 is 1. The lowest BCUT2D eigenvalue weighted by atomic mass is 9.45. The number of rotatable bonds is 5. The van der Waals surface area contributed by atoms with Gasteiger partial charge in [0.1, 0.15) is 6.10 Å². The predicted molar refractivity (Wildman–Crippen MR) is 116 cm³/mol. The molecule has 0 spiro atoms. The van der Waals surface area contributed by atoms with Crippen LogP contribution in [0.2, 0.25) is 0 Å². The monoisotopic (exact) mass is 420 g/mol. The normalized spacial score (nSPS) is 40.8. The Bertz CT molecular complexity index is 712. The SMILES string of the molecule is CO[C@@]1(C(C)C)C=C2[C@H](OC(C)=O)C[C@H]3[C@](C)(COC(C)=O)CCC[C@]3(C)[C@H]2CC1. The first kappa shape index (κ1) is 23.3.